The lowest BCUT2D eigenvalue weighted by Crippen LogP contribution is -2.28. The second-order valence-electron chi connectivity index (χ2n) is 6.73. The maximum Gasteiger partial charge on any atom is 0.227 e. The highest BCUT2D eigenvalue weighted by molar-refractivity contribution is 7.99. The first-order chi connectivity index (χ1) is 13.4. The first-order valence-corrected chi connectivity index (χ1v) is 10.5. The Hall–Kier alpha value is -2.41. The lowest BCUT2D eigenvalue weighted by Gasteiger charge is -2.16. The number of benzene rings is 1. The fraction of sp³-hybridized carbons (Fsp3) is 0.429. The first kappa shape index (κ1) is 21.9. The minimum Gasteiger partial charge on any atom is -0.369 e. The van der Waals surface area contributed by atoms with Crippen molar-refractivity contribution in [2.75, 3.05) is 12.3 Å². The highest BCUT2D eigenvalue weighted by atomic mass is 32.2. The van der Waals surface area contributed by atoms with Crippen LogP contribution >= 0.6 is 11.8 Å². The maximum atomic E-state index is 12.3. The Labute approximate surface area is 170 Å². The van der Waals surface area contributed by atoms with Crippen molar-refractivity contribution in [1.29, 1.82) is 0 Å². The van der Waals surface area contributed by atoms with Crippen LogP contribution in [-0.4, -0.2) is 34.1 Å². The predicted octanol–water partition coefficient (Wildman–Crippen LogP) is 2.91. The molecule has 0 unspecified atom stereocenters. The van der Waals surface area contributed by atoms with E-state index in [0.717, 1.165) is 23.4 Å². The fourth-order valence-electron chi connectivity index (χ4n) is 3.06. The second kappa shape index (κ2) is 10.8. The van der Waals surface area contributed by atoms with E-state index in [0.29, 0.717) is 30.5 Å². The molecule has 1 heterocycles. The summed E-state index contributed by atoms with van der Waals surface area (Å²) in [6.45, 7) is 6.57. The number of hydrogen-bond acceptors (Lipinski definition) is 5. The minimum absolute atomic E-state index is 0.0281. The molecule has 2 aromatic rings. The summed E-state index contributed by atoms with van der Waals surface area (Å²) in [4.78, 5) is 32.1. The summed E-state index contributed by atoms with van der Waals surface area (Å²) >= 11 is 1.23. The number of nitrogens with two attached hydrogens (primary N) is 1. The largest absolute Gasteiger partial charge is 0.369 e. The van der Waals surface area contributed by atoms with Crippen molar-refractivity contribution >= 4 is 23.6 Å². The van der Waals surface area contributed by atoms with Crippen LogP contribution in [0.1, 0.15) is 48.2 Å². The number of carbonyl (C=O) groups excluding carboxylic acids is 2. The Bertz CT molecular complexity index is 788. The highest BCUT2D eigenvalue weighted by Crippen LogP contribution is 2.20. The minimum atomic E-state index is -0.398. The SMILES string of the molecule is CC[C@H](CNC(=O)CCc1c(C)nc(SCC(N)=O)nc1C)c1ccccc1. The van der Waals surface area contributed by atoms with Crippen molar-refractivity contribution in [3.05, 3.63) is 52.8 Å². The maximum absolute atomic E-state index is 12.3. The molecule has 0 aliphatic heterocycles. The molecule has 150 valence electrons. The number of thioether (sulfide) groups is 1. The molecule has 0 fully saturated rings. The zero-order chi connectivity index (χ0) is 20.5. The van der Waals surface area contributed by atoms with Crippen LogP contribution in [0.2, 0.25) is 0 Å². The van der Waals surface area contributed by atoms with Gasteiger partial charge in [-0.15, -0.1) is 0 Å². The molecular formula is C21H28N4O2S. The molecular weight excluding hydrogens is 372 g/mol. The van der Waals surface area contributed by atoms with E-state index in [1.165, 1.54) is 17.3 Å². The van der Waals surface area contributed by atoms with Crippen LogP contribution in [0.4, 0.5) is 0 Å². The molecule has 0 saturated heterocycles. The predicted molar refractivity (Wildman–Crippen MR) is 112 cm³/mol. The Morgan fingerprint density at radius 3 is 2.36 bits per heavy atom. The molecule has 0 aliphatic rings. The number of nitrogens with one attached hydrogen (secondary N) is 1. The molecule has 2 amide bonds. The van der Waals surface area contributed by atoms with Gasteiger partial charge in [-0.05, 0) is 37.8 Å². The van der Waals surface area contributed by atoms with E-state index in [-0.39, 0.29) is 11.7 Å². The standard InChI is InChI=1S/C21H28N4O2S/c1-4-16(17-8-6-5-7-9-17)12-23-20(27)11-10-18-14(2)24-21(25-15(18)3)28-13-19(22)26/h5-9,16H,4,10-13H2,1-3H3,(H2,22,26)(H,23,27)/t16-/m1/s1. The van der Waals surface area contributed by atoms with E-state index in [1.54, 1.807) is 0 Å². The highest BCUT2D eigenvalue weighted by Gasteiger charge is 2.14. The first-order valence-electron chi connectivity index (χ1n) is 9.47. The van der Waals surface area contributed by atoms with E-state index in [1.807, 2.05) is 32.0 Å². The van der Waals surface area contributed by atoms with Crippen molar-refractivity contribution < 1.29 is 9.59 Å². The second-order valence-corrected chi connectivity index (χ2v) is 7.67. The topological polar surface area (TPSA) is 98.0 Å². The summed E-state index contributed by atoms with van der Waals surface area (Å²) < 4.78 is 0. The molecule has 0 radical (unpaired) electrons. The molecule has 2 rings (SSSR count). The van der Waals surface area contributed by atoms with Crippen molar-refractivity contribution in [2.45, 2.75) is 51.1 Å². The van der Waals surface area contributed by atoms with Gasteiger partial charge >= 0.3 is 0 Å². The van der Waals surface area contributed by atoms with Crippen LogP contribution in [0.15, 0.2) is 35.5 Å². The average Bonchev–Trinajstić information content (AvgIpc) is 2.67. The van der Waals surface area contributed by atoms with Gasteiger partial charge in [0, 0.05) is 30.3 Å². The van der Waals surface area contributed by atoms with Crippen molar-refractivity contribution in [3.8, 4) is 0 Å². The van der Waals surface area contributed by atoms with Gasteiger partial charge in [0.2, 0.25) is 11.8 Å². The Morgan fingerprint density at radius 2 is 1.79 bits per heavy atom. The molecule has 7 heteroatoms. The molecule has 3 N–H and O–H groups in total. The monoisotopic (exact) mass is 400 g/mol. The van der Waals surface area contributed by atoms with Crippen LogP contribution < -0.4 is 11.1 Å². The normalized spacial score (nSPS) is 11.8. The molecule has 1 atom stereocenters. The molecule has 0 spiro atoms. The fourth-order valence-corrected chi connectivity index (χ4v) is 3.73. The van der Waals surface area contributed by atoms with Gasteiger partial charge in [0.1, 0.15) is 0 Å². The van der Waals surface area contributed by atoms with Gasteiger partial charge in [-0.25, -0.2) is 9.97 Å². The van der Waals surface area contributed by atoms with Gasteiger partial charge in [-0.2, -0.15) is 0 Å². The summed E-state index contributed by atoms with van der Waals surface area (Å²) in [7, 11) is 0. The van der Waals surface area contributed by atoms with Gasteiger partial charge in [0.25, 0.3) is 0 Å². The smallest absolute Gasteiger partial charge is 0.227 e. The molecule has 0 saturated carbocycles. The zero-order valence-corrected chi connectivity index (χ0v) is 17.5. The molecule has 28 heavy (non-hydrogen) atoms. The number of amides is 2. The number of aryl methyl sites for hydroxylation is 2. The summed E-state index contributed by atoms with van der Waals surface area (Å²) in [5, 5.41) is 3.59. The van der Waals surface area contributed by atoms with Crippen molar-refractivity contribution in [2.24, 2.45) is 5.73 Å². The van der Waals surface area contributed by atoms with Crippen molar-refractivity contribution in [3.63, 3.8) is 0 Å². The average molecular weight is 401 g/mol. The van der Waals surface area contributed by atoms with Crippen LogP contribution in [0.25, 0.3) is 0 Å². The number of aromatic nitrogens is 2. The lowest BCUT2D eigenvalue weighted by molar-refractivity contribution is -0.121. The molecule has 0 aliphatic carbocycles. The number of nitrogens with zero attached hydrogens (tertiary/aromatic N) is 2. The van der Waals surface area contributed by atoms with E-state index >= 15 is 0 Å². The third-order valence-corrected chi connectivity index (χ3v) is 5.52. The Kier molecular flexibility index (Phi) is 8.44. The van der Waals surface area contributed by atoms with Crippen LogP contribution in [-0.2, 0) is 16.0 Å². The summed E-state index contributed by atoms with van der Waals surface area (Å²) in [6, 6.07) is 10.2. The third kappa shape index (κ3) is 6.64. The van der Waals surface area contributed by atoms with Gasteiger partial charge in [-0.3, -0.25) is 9.59 Å². The number of hydrogen-bond donors (Lipinski definition) is 2. The van der Waals surface area contributed by atoms with Gasteiger partial charge in [0.05, 0.1) is 5.75 Å². The number of primary amides is 1. The summed E-state index contributed by atoms with van der Waals surface area (Å²) in [6.07, 6.45) is 1.96. The summed E-state index contributed by atoms with van der Waals surface area (Å²) in [5.41, 5.74) is 9.06. The van der Waals surface area contributed by atoms with Gasteiger partial charge < -0.3 is 11.1 Å². The summed E-state index contributed by atoms with van der Waals surface area (Å²) in [5.74, 6) is 0.102. The van der Waals surface area contributed by atoms with E-state index in [9.17, 15) is 9.59 Å². The molecule has 1 aromatic heterocycles. The van der Waals surface area contributed by atoms with Crippen molar-refractivity contribution in [1.82, 2.24) is 15.3 Å². The molecule has 1 aromatic carbocycles. The quantitative estimate of drug-likeness (QED) is 0.472. The molecule has 6 nitrogen and oxygen atoms in total. The molecule has 0 bridgehead atoms. The van der Waals surface area contributed by atoms with Crippen LogP contribution in [0, 0.1) is 13.8 Å². The van der Waals surface area contributed by atoms with Gasteiger partial charge in [-0.1, -0.05) is 49.0 Å². The van der Waals surface area contributed by atoms with Crippen LogP contribution in [0.3, 0.4) is 0 Å². The third-order valence-electron chi connectivity index (χ3n) is 4.66. The van der Waals surface area contributed by atoms with Gasteiger partial charge in [0.15, 0.2) is 5.16 Å². The van der Waals surface area contributed by atoms with E-state index < -0.39 is 5.91 Å². The van der Waals surface area contributed by atoms with E-state index in [4.69, 9.17) is 5.73 Å². The van der Waals surface area contributed by atoms with E-state index in [2.05, 4.69) is 34.3 Å². The Morgan fingerprint density at radius 1 is 1.14 bits per heavy atom. The number of rotatable bonds is 10. The van der Waals surface area contributed by atoms with Crippen LogP contribution in [0.5, 0.6) is 0 Å². The number of carbonyl (C=O) groups is 2. The lowest BCUT2D eigenvalue weighted by atomic mass is 9.96. The Balaban J connectivity index is 1.89. The zero-order valence-electron chi connectivity index (χ0n) is 16.7.